The highest BCUT2D eigenvalue weighted by Gasteiger charge is 2.31. The van der Waals surface area contributed by atoms with E-state index < -0.39 is 0 Å². The third-order valence-electron chi connectivity index (χ3n) is 5.11. The third kappa shape index (κ3) is 4.93. The highest BCUT2D eigenvalue weighted by molar-refractivity contribution is 6.31. The molecular formula is C24H24ClN3O2. The molecule has 154 valence electrons. The number of para-hydroxylation sites is 1. The first-order valence-electron chi connectivity index (χ1n) is 9.98. The maximum absolute atomic E-state index is 12.5. The molecule has 4 rings (SSSR count). The molecule has 2 N–H and O–H groups in total. The number of ether oxygens (including phenoxy) is 1. The molecule has 1 atom stereocenters. The number of likely N-dealkylation sites (tertiary alicyclic amines) is 1. The molecule has 0 aromatic heterocycles. The quantitative estimate of drug-likeness (QED) is 0.536. The van der Waals surface area contributed by atoms with Crippen LogP contribution in [-0.2, 0) is 0 Å². The normalized spacial score (nSPS) is 14.7. The first-order chi connectivity index (χ1) is 14.6. The van der Waals surface area contributed by atoms with Gasteiger partial charge in [-0.15, -0.1) is 0 Å². The van der Waals surface area contributed by atoms with Gasteiger partial charge in [0.1, 0.15) is 11.5 Å². The molecule has 0 radical (unpaired) electrons. The maximum atomic E-state index is 12.5. The van der Waals surface area contributed by atoms with Crippen molar-refractivity contribution in [1.82, 2.24) is 10.2 Å². The van der Waals surface area contributed by atoms with Crippen molar-refractivity contribution in [3.05, 3.63) is 89.4 Å². The van der Waals surface area contributed by atoms with Crippen LogP contribution in [0.3, 0.4) is 0 Å². The topological polar surface area (TPSA) is 53.6 Å². The highest BCUT2D eigenvalue weighted by Crippen LogP contribution is 2.25. The number of hydrogen-bond donors (Lipinski definition) is 2. The van der Waals surface area contributed by atoms with Crippen LogP contribution >= 0.6 is 11.6 Å². The molecule has 3 aromatic rings. The predicted octanol–water partition coefficient (Wildman–Crippen LogP) is 5.70. The van der Waals surface area contributed by atoms with Crippen molar-refractivity contribution in [1.29, 1.82) is 0 Å². The molecule has 2 amide bonds. The van der Waals surface area contributed by atoms with Crippen molar-refractivity contribution in [3.8, 4) is 11.5 Å². The summed E-state index contributed by atoms with van der Waals surface area (Å²) in [5.74, 6) is 1.50. The van der Waals surface area contributed by atoms with Crippen molar-refractivity contribution in [2.45, 2.75) is 19.0 Å². The van der Waals surface area contributed by atoms with Gasteiger partial charge in [-0.1, -0.05) is 48.0 Å². The molecule has 1 unspecified atom stereocenters. The van der Waals surface area contributed by atoms with E-state index in [2.05, 4.69) is 17.6 Å². The molecule has 30 heavy (non-hydrogen) atoms. The summed E-state index contributed by atoms with van der Waals surface area (Å²) in [6.07, 6.45) is 0. The minimum atomic E-state index is -0.102. The minimum absolute atomic E-state index is 0.102. The average Bonchev–Trinajstić information content (AvgIpc) is 2.72. The van der Waals surface area contributed by atoms with Gasteiger partial charge in [0.2, 0.25) is 0 Å². The number of anilines is 1. The van der Waals surface area contributed by atoms with Crippen molar-refractivity contribution < 1.29 is 9.53 Å². The van der Waals surface area contributed by atoms with E-state index in [0.717, 1.165) is 27.8 Å². The van der Waals surface area contributed by atoms with Gasteiger partial charge < -0.3 is 20.3 Å². The van der Waals surface area contributed by atoms with E-state index in [4.69, 9.17) is 16.3 Å². The van der Waals surface area contributed by atoms with E-state index in [1.807, 2.05) is 78.9 Å². The summed E-state index contributed by atoms with van der Waals surface area (Å²) in [6, 6.07) is 25.1. The van der Waals surface area contributed by atoms with Gasteiger partial charge in [0.05, 0.1) is 0 Å². The Morgan fingerprint density at radius 3 is 2.30 bits per heavy atom. The van der Waals surface area contributed by atoms with Crippen LogP contribution in [0.1, 0.15) is 18.5 Å². The SMILES string of the molecule is CC(NC1CN(C(=O)Nc2ccc(Oc3ccccc3)cc2)C1)c1ccccc1Cl. The molecular weight excluding hydrogens is 398 g/mol. The fourth-order valence-electron chi connectivity index (χ4n) is 3.45. The average molecular weight is 422 g/mol. The van der Waals surface area contributed by atoms with E-state index in [1.54, 1.807) is 4.90 Å². The Bertz CT molecular complexity index is 989. The van der Waals surface area contributed by atoms with Crippen LogP contribution in [0, 0.1) is 0 Å². The number of amides is 2. The van der Waals surface area contributed by atoms with Crippen LogP contribution in [0.4, 0.5) is 10.5 Å². The van der Waals surface area contributed by atoms with E-state index in [-0.39, 0.29) is 18.1 Å². The zero-order chi connectivity index (χ0) is 20.9. The summed E-state index contributed by atoms with van der Waals surface area (Å²) in [5, 5.41) is 7.22. The fraction of sp³-hybridized carbons (Fsp3) is 0.208. The Morgan fingerprint density at radius 1 is 0.967 bits per heavy atom. The molecule has 0 spiro atoms. The summed E-state index contributed by atoms with van der Waals surface area (Å²) in [4.78, 5) is 14.2. The van der Waals surface area contributed by atoms with Gasteiger partial charge in [-0.05, 0) is 55.0 Å². The molecule has 5 nitrogen and oxygen atoms in total. The van der Waals surface area contributed by atoms with Crippen molar-refractivity contribution >= 4 is 23.3 Å². The zero-order valence-corrected chi connectivity index (χ0v) is 17.5. The van der Waals surface area contributed by atoms with E-state index in [0.29, 0.717) is 13.1 Å². The molecule has 1 heterocycles. The van der Waals surface area contributed by atoms with E-state index >= 15 is 0 Å². The predicted molar refractivity (Wildman–Crippen MR) is 120 cm³/mol. The summed E-state index contributed by atoms with van der Waals surface area (Å²) in [5.41, 5.74) is 1.81. The van der Waals surface area contributed by atoms with Crippen LogP contribution in [0.25, 0.3) is 0 Å². The molecule has 1 aliphatic rings. The minimum Gasteiger partial charge on any atom is -0.457 e. The first kappa shape index (κ1) is 20.3. The van der Waals surface area contributed by atoms with Gasteiger partial charge in [-0.3, -0.25) is 0 Å². The zero-order valence-electron chi connectivity index (χ0n) is 16.7. The van der Waals surface area contributed by atoms with Crippen molar-refractivity contribution in [3.63, 3.8) is 0 Å². The molecule has 6 heteroatoms. The second kappa shape index (κ2) is 9.20. The number of nitrogens with one attached hydrogen (secondary N) is 2. The highest BCUT2D eigenvalue weighted by atomic mass is 35.5. The second-order valence-electron chi connectivity index (χ2n) is 7.38. The Balaban J connectivity index is 1.24. The Labute approximate surface area is 181 Å². The number of benzene rings is 3. The van der Waals surface area contributed by atoms with Crippen molar-refractivity contribution in [2.24, 2.45) is 0 Å². The van der Waals surface area contributed by atoms with Gasteiger partial charge in [-0.25, -0.2) is 4.79 Å². The lowest BCUT2D eigenvalue weighted by Crippen LogP contribution is -2.61. The molecule has 1 aliphatic heterocycles. The molecule has 0 bridgehead atoms. The smallest absolute Gasteiger partial charge is 0.321 e. The Hall–Kier alpha value is -3.02. The summed E-state index contributed by atoms with van der Waals surface area (Å²) < 4.78 is 5.77. The number of carbonyl (C=O) groups is 1. The number of urea groups is 1. The summed E-state index contributed by atoms with van der Waals surface area (Å²) in [6.45, 7) is 3.41. The molecule has 0 saturated carbocycles. The number of carbonyl (C=O) groups excluding carboxylic acids is 1. The largest absolute Gasteiger partial charge is 0.457 e. The molecule has 3 aromatic carbocycles. The number of halogens is 1. The number of nitrogens with zero attached hydrogens (tertiary/aromatic N) is 1. The Morgan fingerprint density at radius 2 is 1.60 bits per heavy atom. The monoisotopic (exact) mass is 421 g/mol. The van der Waals surface area contributed by atoms with Gasteiger partial charge in [0.25, 0.3) is 0 Å². The van der Waals surface area contributed by atoms with E-state index in [9.17, 15) is 4.79 Å². The first-order valence-corrected chi connectivity index (χ1v) is 10.4. The van der Waals surface area contributed by atoms with Crippen LogP contribution in [0.15, 0.2) is 78.9 Å². The molecule has 0 aliphatic carbocycles. The van der Waals surface area contributed by atoms with E-state index in [1.165, 1.54) is 0 Å². The standard InChI is InChI=1S/C24H24ClN3O2/c1-17(22-9-5-6-10-23(22)25)26-19-15-28(16-19)24(29)27-18-11-13-21(14-12-18)30-20-7-3-2-4-8-20/h2-14,17,19,26H,15-16H2,1H3,(H,27,29). The fourth-order valence-corrected chi connectivity index (χ4v) is 3.75. The van der Waals surface area contributed by atoms with Crippen LogP contribution in [0.2, 0.25) is 5.02 Å². The van der Waals surface area contributed by atoms with Crippen LogP contribution in [-0.4, -0.2) is 30.1 Å². The lowest BCUT2D eigenvalue weighted by molar-refractivity contribution is 0.143. The van der Waals surface area contributed by atoms with Gasteiger partial charge in [-0.2, -0.15) is 0 Å². The lowest BCUT2D eigenvalue weighted by Gasteiger charge is -2.41. The van der Waals surface area contributed by atoms with Gasteiger partial charge >= 0.3 is 6.03 Å². The van der Waals surface area contributed by atoms with Crippen molar-refractivity contribution in [2.75, 3.05) is 18.4 Å². The number of rotatable bonds is 6. The van der Waals surface area contributed by atoms with Gasteiger partial charge in [0.15, 0.2) is 0 Å². The second-order valence-corrected chi connectivity index (χ2v) is 7.79. The Kier molecular flexibility index (Phi) is 6.21. The molecule has 1 fully saturated rings. The summed E-state index contributed by atoms with van der Waals surface area (Å²) >= 11 is 6.27. The summed E-state index contributed by atoms with van der Waals surface area (Å²) in [7, 11) is 0. The lowest BCUT2D eigenvalue weighted by atomic mass is 10.0. The molecule has 1 saturated heterocycles. The van der Waals surface area contributed by atoms with Crippen LogP contribution < -0.4 is 15.4 Å². The van der Waals surface area contributed by atoms with Crippen LogP contribution in [0.5, 0.6) is 11.5 Å². The maximum Gasteiger partial charge on any atom is 0.321 e. The third-order valence-corrected chi connectivity index (χ3v) is 5.45. The number of hydrogen-bond acceptors (Lipinski definition) is 3. The van der Waals surface area contributed by atoms with Gasteiger partial charge in [0, 0.05) is 35.9 Å².